The summed E-state index contributed by atoms with van der Waals surface area (Å²) in [7, 11) is -3.89. The maximum atomic E-state index is 13.1. The number of sulfonamides is 1. The molecule has 1 amide bonds. The van der Waals surface area contributed by atoms with Crippen molar-refractivity contribution in [2.24, 2.45) is 0 Å². The Hall–Kier alpha value is -1.31. The molecule has 1 aromatic rings. The lowest BCUT2D eigenvalue weighted by Crippen LogP contribution is -2.56. The lowest BCUT2D eigenvalue weighted by atomic mass is 10.2. The summed E-state index contributed by atoms with van der Waals surface area (Å²) >= 11 is 6.11. The highest BCUT2D eigenvalue weighted by Gasteiger charge is 2.38. The van der Waals surface area contributed by atoms with Crippen LogP contribution in [0.15, 0.2) is 17.0 Å². The van der Waals surface area contributed by atoms with Crippen molar-refractivity contribution >= 4 is 27.5 Å². The van der Waals surface area contributed by atoms with Crippen LogP contribution in [0.3, 0.4) is 0 Å². The number of halogens is 1. The van der Waals surface area contributed by atoms with E-state index in [-0.39, 0.29) is 29.6 Å². The molecule has 1 saturated heterocycles. The van der Waals surface area contributed by atoms with Gasteiger partial charge in [-0.05, 0) is 38.0 Å². The molecule has 1 unspecified atom stereocenters. The Morgan fingerprint density at radius 2 is 2.09 bits per heavy atom. The van der Waals surface area contributed by atoms with Crippen molar-refractivity contribution in [3.8, 4) is 5.75 Å². The number of aryl methyl sites for hydroxylation is 1. The molecule has 0 radical (unpaired) electrons. The van der Waals surface area contributed by atoms with Crippen molar-refractivity contribution < 1.29 is 17.9 Å². The van der Waals surface area contributed by atoms with Gasteiger partial charge in [0.05, 0.1) is 6.61 Å². The molecule has 8 heteroatoms. The number of carbonyl (C=O) groups is 1. The van der Waals surface area contributed by atoms with E-state index in [0.29, 0.717) is 18.1 Å². The molecule has 0 aromatic heterocycles. The summed E-state index contributed by atoms with van der Waals surface area (Å²) in [4.78, 5) is 12.0. The van der Waals surface area contributed by atoms with Crippen molar-refractivity contribution in [1.29, 1.82) is 0 Å². The number of benzene rings is 1. The van der Waals surface area contributed by atoms with Gasteiger partial charge in [-0.3, -0.25) is 4.79 Å². The average Bonchev–Trinajstić information content (AvgIpc) is 2.50. The van der Waals surface area contributed by atoms with Crippen LogP contribution in [0.25, 0.3) is 0 Å². The molecule has 1 aliphatic heterocycles. The van der Waals surface area contributed by atoms with E-state index in [2.05, 4.69) is 5.32 Å². The Bertz CT molecular complexity index is 706. The van der Waals surface area contributed by atoms with Crippen LogP contribution in [-0.4, -0.2) is 44.4 Å². The van der Waals surface area contributed by atoms with Crippen LogP contribution in [0.4, 0.5) is 0 Å². The van der Waals surface area contributed by atoms with Gasteiger partial charge in [0.1, 0.15) is 16.7 Å². The van der Waals surface area contributed by atoms with E-state index >= 15 is 0 Å². The van der Waals surface area contributed by atoms with Crippen LogP contribution in [0.1, 0.15) is 25.8 Å². The van der Waals surface area contributed by atoms with Crippen molar-refractivity contribution in [3.63, 3.8) is 0 Å². The second-order valence-electron chi connectivity index (χ2n) is 5.31. The van der Waals surface area contributed by atoms with E-state index < -0.39 is 16.1 Å². The summed E-state index contributed by atoms with van der Waals surface area (Å²) in [6, 6.07) is 2.29. The normalized spacial score (nSPS) is 19.5. The Kier molecular flexibility index (Phi) is 5.54. The van der Waals surface area contributed by atoms with Crippen LogP contribution in [0.2, 0.25) is 5.02 Å². The van der Waals surface area contributed by atoms with Crippen molar-refractivity contribution in [1.82, 2.24) is 9.62 Å². The van der Waals surface area contributed by atoms with E-state index in [4.69, 9.17) is 16.3 Å². The number of nitrogens with zero attached hydrogens (tertiary/aromatic N) is 1. The summed E-state index contributed by atoms with van der Waals surface area (Å²) in [6.07, 6.45) is 0.397. The van der Waals surface area contributed by atoms with Crippen LogP contribution in [-0.2, 0) is 14.8 Å². The fourth-order valence-electron chi connectivity index (χ4n) is 2.60. The Labute approximate surface area is 141 Å². The average molecular weight is 361 g/mol. The van der Waals surface area contributed by atoms with Crippen molar-refractivity contribution in [2.45, 2.75) is 38.1 Å². The van der Waals surface area contributed by atoms with Gasteiger partial charge in [-0.15, -0.1) is 0 Å². The number of ether oxygens (including phenoxy) is 1. The minimum Gasteiger partial charge on any atom is -0.492 e. The summed E-state index contributed by atoms with van der Waals surface area (Å²) in [5, 5.41) is 3.04. The molecule has 1 fully saturated rings. The largest absolute Gasteiger partial charge is 0.492 e. The van der Waals surface area contributed by atoms with E-state index in [1.54, 1.807) is 26.8 Å². The highest BCUT2D eigenvalue weighted by molar-refractivity contribution is 7.89. The zero-order chi connectivity index (χ0) is 17.2. The second-order valence-corrected chi connectivity index (χ2v) is 7.58. The van der Waals surface area contributed by atoms with Gasteiger partial charge >= 0.3 is 0 Å². The molecule has 1 aromatic carbocycles. The fourth-order valence-corrected chi connectivity index (χ4v) is 4.63. The quantitative estimate of drug-likeness (QED) is 0.870. The molecule has 0 aliphatic carbocycles. The number of hydrogen-bond donors (Lipinski definition) is 1. The molecule has 6 nitrogen and oxygen atoms in total. The first-order chi connectivity index (χ1) is 10.8. The van der Waals surface area contributed by atoms with E-state index in [1.807, 2.05) is 0 Å². The zero-order valence-corrected chi connectivity index (χ0v) is 15.0. The number of amides is 1. The first-order valence-electron chi connectivity index (χ1n) is 7.55. The predicted molar refractivity (Wildman–Crippen MR) is 88.3 cm³/mol. The SMILES string of the molecule is CCOc1cc(C)c(Cl)cc1S(=O)(=O)N1CCNC(=O)C1CC. The molecule has 1 N–H and O–H groups in total. The number of piperazine rings is 1. The molecule has 1 atom stereocenters. The summed E-state index contributed by atoms with van der Waals surface area (Å²) in [6.45, 7) is 6.20. The van der Waals surface area contributed by atoms with Gasteiger partial charge in [-0.2, -0.15) is 4.31 Å². The third kappa shape index (κ3) is 3.46. The van der Waals surface area contributed by atoms with Crippen LogP contribution in [0.5, 0.6) is 5.75 Å². The third-order valence-electron chi connectivity index (χ3n) is 3.78. The summed E-state index contributed by atoms with van der Waals surface area (Å²) < 4.78 is 32.8. The smallest absolute Gasteiger partial charge is 0.247 e. The van der Waals surface area contributed by atoms with Crippen molar-refractivity contribution in [3.05, 3.63) is 22.7 Å². The number of nitrogens with one attached hydrogen (secondary N) is 1. The van der Waals surface area contributed by atoms with Crippen molar-refractivity contribution in [2.75, 3.05) is 19.7 Å². The predicted octanol–water partition coefficient (Wildman–Crippen LogP) is 1.95. The fraction of sp³-hybridized carbons (Fsp3) is 0.533. The zero-order valence-electron chi connectivity index (χ0n) is 13.4. The van der Waals surface area contributed by atoms with E-state index in [1.165, 1.54) is 10.4 Å². The maximum absolute atomic E-state index is 13.1. The van der Waals surface area contributed by atoms with Gasteiger partial charge in [0.15, 0.2) is 0 Å². The molecule has 0 spiro atoms. The molecule has 23 heavy (non-hydrogen) atoms. The highest BCUT2D eigenvalue weighted by Crippen LogP contribution is 2.33. The third-order valence-corrected chi connectivity index (χ3v) is 6.12. The monoisotopic (exact) mass is 360 g/mol. The van der Waals surface area contributed by atoms with Gasteiger partial charge in [-0.25, -0.2) is 8.42 Å². The minimum absolute atomic E-state index is 0.00287. The molecule has 128 valence electrons. The Morgan fingerprint density at radius 3 is 2.70 bits per heavy atom. The van der Waals surface area contributed by atoms with Gasteiger partial charge in [0.2, 0.25) is 15.9 Å². The second kappa shape index (κ2) is 7.07. The van der Waals surface area contributed by atoms with Gasteiger partial charge in [-0.1, -0.05) is 18.5 Å². The lowest BCUT2D eigenvalue weighted by molar-refractivity contribution is -0.126. The first-order valence-corrected chi connectivity index (χ1v) is 9.37. The maximum Gasteiger partial charge on any atom is 0.247 e. The molecular weight excluding hydrogens is 340 g/mol. The topological polar surface area (TPSA) is 75.7 Å². The molecule has 2 rings (SSSR count). The van der Waals surface area contributed by atoms with Gasteiger partial charge < -0.3 is 10.1 Å². The minimum atomic E-state index is -3.89. The number of hydrogen-bond acceptors (Lipinski definition) is 4. The lowest BCUT2D eigenvalue weighted by Gasteiger charge is -2.33. The molecular formula is C15H21ClN2O4S. The number of carbonyl (C=O) groups excluding carboxylic acids is 1. The van der Waals surface area contributed by atoms with E-state index in [9.17, 15) is 13.2 Å². The van der Waals surface area contributed by atoms with E-state index in [0.717, 1.165) is 5.56 Å². The van der Waals surface area contributed by atoms with Gasteiger partial charge in [0, 0.05) is 18.1 Å². The number of rotatable bonds is 5. The molecule has 0 saturated carbocycles. The Balaban J connectivity index is 2.54. The van der Waals surface area contributed by atoms with Gasteiger partial charge in [0.25, 0.3) is 0 Å². The van der Waals surface area contributed by atoms with Crippen LogP contribution < -0.4 is 10.1 Å². The molecule has 1 aliphatic rings. The standard InChI is InChI=1S/C15H21ClN2O4S/c1-4-12-15(19)17-6-7-18(12)23(20,21)14-9-11(16)10(3)8-13(14)22-5-2/h8-9,12H,4-7H2,1-3H3,(H,17,19). The summed E-state index contributed by atoms with van der Waals surface area (Å²) in [5.74, 6) is -0.0197. The molecule has 1 heterocycles. The Morgan fingerprint density at radius 1 is 1.39 bits per heavy atom. The summed E-state index contributed by atoms with van der Waals surface area (Å²) in [5.41, 5.74) is 0.734. The van der Waals surface area contributed by atoms with Crippen LogP contribution >= 0.6 is 11.6 Å². The molecule has 0 bridgehead atoms. The highest BCUT2D eigenvalue weighted by atomic mass is 35.5. The first kappa shape index (κ1) is 18.0. The van der Waals surface area contributed by atoms with Crippen LogP contribution in [0, 0.1) is 6.92 Å².